The lowest BCUT2D eigenvalue weighted by atomic mass is 10.1. The van der Waals surface area contributed by atoms with Gasteiger partial charge in [-0.2, -0.15) is 13.2 Å². The Morgan fingerprint density at radius 1 is 1.30 bits per heavy atom. The highest BCUT2D eigenvalue weighted by Crippen LogP contribution is 2.29. The topological polar surface area (TPSA) is 50.7 Å². The van der Waals surface area contributed by atoms with E-state index in [2.05, 4.69) is 20.3 Å². The molecule has 2 aromatic rings. The van der Waals surface area contributed by atoms with E-state index in [-0.39, 0.29) is 17.0 Å². The molecular formula is C12H10ClF3N4. The van der Waals surface area contributed by atoms with Crippen molar-refractivity contribution in [2.45, 2.75) is 19.1 Å². The van der Waals surface area contributed by atoms with Gasteiger partial charge >= 0.3 is 6.18 Å². The highest BCUT2D eigenvalue weighted by Gasteiger charge is 2.35. The fourth-order valence-electron chi connectivity index (χ4n) is 1.56. The fourth-order valence-corrected chi connectivity index (χ4v) is 1.74. The van der Waals surface area contributed by atoms with Crippen LogP contribution >= 0.6 is 11.6 Å². The Morgan fingerprint density at radius 2 is 2.05 bits per heavy atom. The van der Waals surface area contributed by atoms with Gasteiger partial charge in [0, 0.05) is 18.5 Å². The van der Waals surface area contributed by atoms with Crippen molar-refractivity contribution >= 4 is 17.4 Å². The molecule has 106 valence electrons. The van der Waals surface area contributed by atoms with Gasteiger partial charge in [0.15, 0.2) is 0 Å². The van der Waals surface area contributed by atoms with Gasteiger partial charge in [0.25, 0.3) is 0 Å². The van der Waals surface area contributed by atoms with Crippen molar-refractivity contribution in [2.24, 2.45) is 0 Å². The Bertz CT molecular complexity index is 589. The van der Waals surface area contributed by atoms with Crippen molar-refractivity contribution in [3.63, 3.8) is 0 Å². The first-order chi connectivity index (χ1) is 9.36. The molecule has 8 heteroatoms. The molecule has 0 saturated heterocycles. The molecule has 0 saturated carbocycles. The van der Waals surface area contributed by atoms with E-state index in [9.17, 15) is 13.2 Å². The molecule has 1 N–H and O–H groups in total. The first-order valence-electron chi connectivity index (χ1n) is 5.64. The van der Waals surface area contributed by atoms with Crippen molar-refractivity contribution in [1.29, 1.82) is 0 Å². The summed E-state index contributed by atoms with van der Waals surface area (Å²) in [5.74, 6) is -1.26. The maximum atomic E-state index is 12.6. The molecular weight excluding hydrogens is 293 g/mol. The van der Waals surface area contributed by atoms with Crippen LogP contribution in [-0.2, 0) is 6.18 Å². The SMILES string of the molecule is CC(Nc1cc(Cl)nc(C(F)(F)F)n1)c1cccnc1. The number of nitrogens with zero attached hydrogens (tertiary/aromatic N) is 3. The number of nitrogens with one attached hydrogen (secondary N) is 1. The predicted octanol–water partition coefficient (Wildman–Crippen LogP) is 3.72. The van der Waals surface area contributed by atoms with E-state index in [1.165, 1.54) is 6.07 Å². The Labute approximate surface area is 118 Å². The van der Waals surface area contributed by atoms with Gasteiger partial charge in [0.2, 0.25) is 5.82 Å². The molecule has 2 aromatic heterocycles. The third-order valence-electron chi connectivity index (χ3n) is 2.50. The zero-order chi connectivity index (χ0) is 14.8. The van der Waals surface area contributed by atoms with E-state index < -0.39 is 12.0 Å². The van der Waals surface area contributed by atoms with Crippen LogP contribution in [0, 0.1) is 0 Å². The second kappa shape index (κ2) is 5.62. The largest absolute Gasteiger partial charge is 0.451 e. The van der Waals surface area contributed by atoms with Gasteiger partial charge in [-0.3, -0.25) is 4.98 Å². The molecule has 0 aromatic carbocycles. The molecule has 0 spiro atoms. The summed E-state index contributed by atoms with van der Waals surface area (Å²) in [4.78, 5) is 10.5. The lowest BCUT2D eigenvalue weighted by Crippen LogP contribution is -2.14. The lowest BCUT2D eigenvalue weighted by Gasteiger charge is -2.15. The maximum absolute atomic E-state index is 12.6. The Morgan fingerprint density at radius 3 is 2.65 bits per heavy atom. The number of hydrogen-bond acceptors (Lipinski definition) is 4. The molecule has 0 aliphatic heterocycles. The number of hydrogen-bond donors (Lipinski definition) is 1. The first-order valence-corrected chi connectivity index (χ1v) is 6.02. The molecule has 0 bridgehead atoms. The number of halogens is 4. The molecule has 2 rings (SSSR count). The average Bonchev–Trinajstić information content (AvgIpc) is 2.38. The second-order valence-corrected chi connectivity index (χ2v) is 4.44. The van der Waals surface area contributed by atoms with E-state index in [0.717, 1.165) is 5.56 Å². The molecule has 2 heterocycles. The molecule has 0 aliphatic rings. The summed E-state index contributed by atoms with van der Waals surface area (Å²) in [6, 6.07) is 4.51. The summed E-state index contributed by atoms with van der Waals surface area (Å²) in [5.41, 5.74) is 0.816. The summed E-state index contributed by atoms with van der Waals surface area (Å²) in [7, 11) is 0. The summed E-state index contributed by atoms with van der Waals surface area (Å²) >= 11 is 5.58. The standard InChI is InChI=1S/C12H10ClF3N4/c1-7(8-3-2-4-17-6-8)18-10-5-9(13)19-11(20-10)12(14,15)16/h2-7H,1H3,(H,18,19,20). The van der Waals surface area contributed by atoms with Crippen molar-refractivity contribution in [3.05, 3.63) is 47.1 Å². The van der Waals surface area contributed by atoms with E-state index in [4.69, 9.17) is 11.6 Å². The highest BCUT2D eigenvalue weighted by atomic mass is 35.5. The minimum atomic E-state index is -4.64. The van der Waals surface area contributed by atoms with Crippen molar-refractivity contribution < 1.29 is 13.2 Å². The van der Waals surface area contributed by atoms with Crippen LogP contribution in [0.3, 0.4) is 0 Å². The number of anilines is 1. The van der Waals surface area contributed by atoms with Gasteiger partial charge in [0.05, 0.1) is 6.04 Å². The molecule has 0 aliphatic carbocycles. The van der Waals surface area contributed by atoms with Gasteiger partial charge in [-0.25, -0.2) is 9.97 Å². The lowest BCUT2D eigenvalue weighted by molar-refractivity contribution is -0.144. The minimum Gasteiger partial charge on any atom is -0.363 e. The summed E-state index contributed by atoms with van der Waals surface area (Å²) in [6.45, 7) is 1.78. The van der Waals surface area contributed by atoms with Gasteiger partial charge in [-0.15, -0.1) is 0 Å². The van der Waals surface area contributed by atoms with Crippen molar-refractivity contribution in [2.75, 3.05) is 5.32 Å². The Balaban J connectivity index is 2.24. The smallest absolute Gasteiger partial charge is 0.363 e. The average molecular weight is 303 g/mol. The van der Waals surface area contributed by atoms with Crippen molar-refractivity contribution in [3.8, 4) is 0 Å². The van der Waals surface area contributed by atoms with Crippen LogP contribution in [0.15, 0.2) is 30.6 Å². The predicted molar refractivity (Wildman–Crippen MR) is 68.3 cm³/mol. The maximum Gasteiger partial charge on any atom is 0.451 e. The second-order valence-electron chi connectivity index (χ2n) is 4.05. The molecule has 20 heavy (non-hydrogen) atoms. The van der Waals surface area contributed by atoms with E-state index in [1.807, 2.05) is 0 Å². The Kier molecular flexibility index (Phi) is 4.08. The molecule has 0 fully saturated rings. The molecule has 0 amide bonds. The van der Waals surface area contributed by atoms with E-state index >= 15 is 0 Å². The normalized spacial score (nSPS) is 13.1. The fraction of sp³-hybridized carbons (Fsp3) is 0.250. The van der Waals surface area contributed by atoms with Crippen LogP contribution in [-0.4, -0.2) is 15.0 Å². The summed E-state index contributed by atoms with van der Waals surface area (Å²) in [5, 5.41) is 2.57. The Hall–Kier alpha value is -1.89. The van der Waals surface area contributed by atoms with Crippen LogP contribution in [0.25, 0.3) is 0 Å². The van der Waals surface area contributed by atoms with Crippen LogP contribution in [0.1, 0.15) is 24.4 Å². The van der Waals surface area contributed by atoms with Gasteiger partial charge in [-0.05, 0) is 18.6 Å². The highest BCUT2D eigenvalue weighted by molar-refractivity contribution is 6.29. The first kappa shape index (κ1) is 14.5. The van der Waals surface area contributed by atoms with Gasteiger partial charge < -0.3 is 5.32 Å². The zero-order valence-corrected chi connectivity index (χ0v) is 11.1. The van der Waals surface area contributed by atoms with Crippen LogP contribution in [0.2, 0.25) is 5.15 Å². The zero-order valence-electron chi connectivity index (χ0n) is 10.3. The van der Waals surface area contributed by atoms with Gasteiger partial charge in [-0.1, -0.05) is 17.7 Å². The summed E-state index contributed by atoms with van der Waals surface area (Å²) in [6.07, 6.45) is -1.41. The van der Waals surface area contributed by atoms with E-state index in [1.54, 1.807) is 31.5 Å². The molecule has 1 atom stereocenters. The van der Waals surface area contributed by atoms with Gasteiger partial charge in [0.1, 0.15) is 11.0 Å². The third-order valence-corrected chi connectivity index (χ3v) is 2.69. The summed E-state index contributed by atoms with van der Waals surface area (Å²) < 4.78 is 37.8. The van der Waals surface area contributed by atoms with E-state index in [0.29, 0.717) is 0 Å². The van der Waals surface area contributed by atoms with Crippen molar-refractivity contribution in [1.82, 2.24) is 15.0 Å². The number of alkyl halides is 3. The third kappa shape index (κ3) is 3.57. The molecule has 1 unspecified atom stereocenters. The molecule has 4 nitrogen and oxygen atoms in total. The number of rotatable bonds is 3. The number of pyridine rings is 1. The van der Waals surface area contributed by atoms with Crippen LogP contribution < -0.4 is 5.32 Å². The minimum absolute atomic E-state index is 0.00804. The van der Waals surface area contributed by atoms with Crippen LogP contribution in [0.5, 0.6) is 0 Å². The molecule has 0 radical (unpaired) electrons. The quantitative estimate of drug-likeness (QED) is 0.878. The monoisotopic (exact) mass is 302 g/mol. The van der Waals surface area contributed by atoms with Crippen LogP contribution in [0.4, 0.5) is 19.0 Å². The number of aromatic nitrogens is 3.